The van der Waals surface area contributed by atoms with Crippen LogP contribution >= 0.6 is 24.0 Å². The van der Waals surface area contributed by atoms with E-state index in [1.807, 2.05) is 29.1 Å². The molecule has 0 spiro atoms. The van der Waals surface area contributed by atoms with Gasteiger partial charge in [0.2, 0.25) is 0 Å². The molecule has 0 aliphatic carbocycles. The second-order valence-corrected chi connectivity index (χ2v) is 6.53. The highest BCUT2D eigenvalue weighted by Crippen LogP contribution is 2.23. The number of hydrogen-bond acceptors (Lipinski definition) is 3. The molecule has 0 radical (unpaired) electrons. The van der Waals surface area contributed by atoms with Crippen LogP contribution in [0.3, 0.4) is 0 Å². The van der Waals surface area contributed by atoms with Gasteiger partial charge in [0, 0.05) is 32.1 Å². The molecule has 1 aliphatic rings. The summed E-state index contributed by atoms with van der Waals surface area (Å²) in [6.45, 7) is 7.25. The zero-order valence-electron chi connectivity index (χ0n) is 15.4. The fraction of sp³-hybridized carbons (Fsp3) is 0.474. The highest BCUT2D eigenvalue weighted by molar-refractivity contribution is 14.0. The zero-order chi connectivity index (χ0) is 17.5. The Morgan fingerprint density at radius 3 is 2.85 bits per heavy atom. The van der Waals surface area contributed by atoms with Gasteiger partial charge < -0.3 is 15.4 Å². The lowest BCUT2D eigenvalue weighted by molar-refractivity contribution is 0.0243. The van der Waals surface area contributed by atoms with Crippen LogP contribution in [0.4, 0.5) is 0 Å². The molecule has 1 aromatic carbocycles. The molecule has 1 aliphatic heterocycles. The number of aliphatic imine (C=N–C) groups is 1. The predicted molar refractivity (Wildman–Crippen MR) is 115 cm³/mol. The number of ether oxygens (including phenoxy) is 1. The summed E-state index contributed by atoms with van der Waals surface area (Å²) in [5.41, 5.74) is 2.09. The van der Waals surface area contributed by atoms with Crippen molar-refractivity contribution in [3.8, 4) is 5.69 Å². The van der Waals surface area contributed by atoms with Crippen LogP contribution in [0.2, 0.25) is 0 Å². The van der Waals surface area contributed by atoms with Crippen molar-refractivity contribution in [1.82, 2.24) is 20.4 Å². The first-order valence-electron chi connectivity index (χ1n) is 8.94. The minimum absolute atomic E-state index is 0. The Morgan fingerprint density at radius 1 is 1.31 bits per heavy atom. The molecule has 142 valence electrons. The van der Waals surface area contributed by atoms with Gasteiger partial charge >= 0.3 is 0 Å². The van der Waals surface area contributed by atoms with E-state index in [1.165, 1.54) is 0 Å². The van der Waals surface area contributed by atoms with Crippen molar-refractivity contribution in [2.24, 2.45) is 4.99 Å². The number of halogens is 1. The summed E-state index contributed by atoms with van der Waals surface area (Å²) in [5, 5.41) is 11.1. The van der Waals surface area contributed by atoms with Crippen molar-refractivity contribution in [3.63, 3.8) is 0 Å². The number of nitrogens with one attached hydrogen (secondary N) is 2. The topological polar surface area (TPSA) is 63.5 Å². The second-order valence-electron chi connectivity index (χ2n) is 6.53. The van der Waals surface area contributed by atoms with Crippen molar-refractivity contribution in [2.75, 3.05) is 19.7 Å². The lowest BCUT2D eigenvalue weighted by Crippen LogP contribution is -2.45. The van der Waals surface area contributed by atoms with Crippen LogP contribution in [0.5, 0.6) is 0 Å². The van der Waals surface area contributed by atoms with E-state index in [0.717, 1.165) is 49.7 Å². The second kappa shape index (κ2) is 9.91. The predicted octanol–water partition coefficient (Wildman–Crippen LogP) is 3.11. The summed E-state index contributed by atoms with van der Waals surface area (Å²) < 4.78 is 7.72. The molecule has 3 rings (SSSR count). The van der Waals surface area contributed by atoms with Crippen LogP contribution < -0.4 is 10.6 Å². The average molecular weight is 469 g/mol. The van der Waals surface area contributed by atoms with Gasteiger partial charge in [-0.05, 0) is 44.4 Å². The Kier molecular flexibility index (Phi) is 7.89. The number of aromatic nitrogens is 2. The first kappa shape index (κ1) is 20.7. The molecule has 7 heteroatoms. The zero-order valence-corrected chi connectivity index (χ0v) is 17.8. The molecule has 1 saturated heterocycles. The molecule has 0 bridgehead atoms. The largest absolute Gasteiger partial charge is 0.373 e. The maximum atomic E-state index is 5.84. The van der Waals surface area contributed by atoms with Crippen LogP contribution in [0.15, 0.2) is 47.7 Å². The summed E-state index contributed by atoms with van der Waals surface area (Å²) in [6.07, 6.45) is 5.95. The SMILES string of the molecule is CCNC(=NCc1ccccc1-n1cccn1)NCC1(C)CCCO1.I. The van der Waals surface area contributed by atoms with Crippen LogP contribution in [-0.4, -0.2) is 41.0 Å². The number of rotatable bonds is 6. The van der Waals surface area contributed by atoms with E-state index < -0.39 is 0 Å². The van der Waals surface area contributed by atoms with Gasteiger partial charge in [-0.25, -0.2) is 9.67 Å². The Morgan fingerprint density at radius 2 is 2.15 bits per heavy atom. The Balaban J connectivity index is 0.00000243. The Labute approximate surface area is 172 Å². The maximum Gasteiger partial charge on any atom is 0.191 e. The van der Waals surface area contributed by atoms with Gasteiger partial charge in [-0.15, -0.1) is 24.0 Å². The molecule has 2 aromatic rings. The van der Waals surface area contributed by atoms with Gasteiger partial charge in [0.25, 0.3) is 0 Å². The lowest BCUT2D eigenvalue weighted by Gasteiger charge is -2.24. The monoisotopic (exact) mass is 469 g/mol. The molecule has 2 N–H and O–H groups in total. The number of hydrogen-bond donors (Lipinski definition) is 2. The van der Waals surface area contributed by atoms with E-state index in [4.69, 9.17) is 9.73 Å². The molecule has 0 amide bonds. The third-order valence-electron chi connectivity index (χ3n) is 4.42. The molecule has 1 unspecified atom stereocenters. The van der Waals surface area contributed by atoms with Crippen molar-refractivity contribution in [1.29, 1.82) is 0 Å². The molecular weight excluding hydrogens is 441 g/mol. The van der Waals surface area contributed by atoms with Gasteiger partial charge in [-0.1, -0.05) is 18.2 Å². The van der Waals surface area contributed by atoms with Gasteiger partial charge in [0.1, 0.15) is 0 Å². The standard InChI is InChI=1S/C19H27N5O.HI/c1-3-20-18(22-15-19(2)10-6-13-25-19)21-14-16-8-4-5-9-17(16)24-12-7-11-23-24;/h4-5,7-9,11-12H,3,6,10,13-15H2,1-2H3,(H2,20,21,22);1H. The quantitative estimate of drug-likeness (QED) is 0.388. The van der Waals surface area contributed by atoms with Crippen LogP contribution in [0.1, 0.15) is 32.3 Å². The lowest BCUT2D eigenvalue weighted by atomic mass is 10.0. The molecule has 1 fully saturated rings. The maximum absolute atomic E-state index is 5.84. The molecule has 6 nitrogen and oxygen atoms in total. The first-order chi connectivity index (χ1) is 12.2. The molecule has 1 atom stereocenters. The molecule has 1 aromatic heterocycles. The van der Waals surface area contributed by atoms with Gasteiger partial charge in [-0.3, -0.25) is 0 Å². The number of guanidine groups is 1. The smallest absolute Gasteiger partial charge is 0.191 e. The highest BCUT2D eigenvalue weighted by atomic mass is 127. The van der Waals surface area contributed by atoms with E-state index >= 15 is 0 Å². The van der Waals surface area contributed by atoms with Gasteiger partial charge in [0.15, 0.2) is 5.96 Å². The van der Waals surface area contributed by atoms with Gasteiger partial charge in [-0.2, -0.15) is 5.10 Å². The van der Waals surface area contributed by atoms with Crippen molar-refractivity contribution in [2.45, 2.75) is 38.8 Å². The van der Waals surface area contributed by atoms with E-state index in [0.29, 0.717) is 6.54 Å². The van der Waals surface area contributed by atoms with E-state index in [9.17, 15) is 0 Å². The van der Waals surface area contributed by atoms with Crippen LogP contribution in [0, 0.1) is 0 Å². The summed E-state index contributed by atoms with van der Waals surface area (Å²) in [4.78, 5) is 4.74. The van der Waals surface area contributed by atoms with E-state index in [-0.39, 0.29) is 29.6 Å². The summed E-state index contributed by atoms with van der Waals surface area (Å²) in [5.74, 6) is 0.814. The highest BCUT2D eigenvalue weighted by Gasteiger charge is 2.29. The number of para-hydroxylation sites is 1. The van der Waals surface area contributed by atoms with Crippen molar-refractivity contribution in [3.05, 3.63) is 48.3 Å². The average Bonchev–Trinajstić information content (AvgIpc) is 3.30. The fourth-order valence-corrected chi connectivity index (χ4v) is 3.03. The first-order valence-corrected chi connectivity index (χ1v) is 8.94. The van der Waals surface area contributed by atoms with E-state index in [1.54, 1.807) is 6.20 Å². The van der Waals surface area contributed by atoms with Crippen LogP contribution in [-0.2, 0) is 11.3 Å². The van der Waals surface area contributed by atoms with E-state index in [2.05, 4.69) is 41.7 Å². The van der Waals surface area contributed by atoms with Crippen LogP contribution in [0.25, 0.3) is 5.69 Å². The third-order valence-corrected chi connectivity index (χ3v) is 4.42. The molecular formula is C19H28IN5O. The summed E-state index contributed by atoms with van der Waals surface area (Å²) in [7, 11) is 0. The summed E-state index contributed by atoms with van der Waals surface area (Å²) in [6, 6.07) is 10.1. The minimum Gasteiger partial charge on any atom is -0.373 e. The summed E-state index contributed by atoms with van der Waals surface area (Å²) >= 11 is 0. The van der Waals surface area contributed by atoms with Crippen molar-refractivity contribution >= 4 is 29.9 Å². The van der Waals surface area contributed by atoms with Crippen molar-refractivity contribution < 1.29 is 4.74 Å². The normalized spacial score (nSPS) is 19.8. The fourth-order valence-electron chi connectivity index (χ4n) is 3.03. The molecule has 26 heavy (non-hydrogen) atoms. The molecule has 2 heterocycles. The molecule has 0 saturated carbocycles. The Bertz CT molecular complexity index is 696. The van der Waals surface area contributed by atoms with Gasteiger partial charge in [0.05, 0.1) is 17.8 Å². The minimum atomic E-state index is -0.0941. The Hall–Kier alpha value is -1.61. The number of nitrogens with zero attached hydrogens (tertiary/aromatic N) is 3. The third kappa shape index (κ3) is 5.44. The number of benzene rings is 1.